The van der Waals surface area contributed by atoms with Gasteiger partial charge >= 0.3 is 5.97 Å². The van der Waals surface area contributed by atoms with E-state index < -0.39 is 0 Å². The van der Waals surface area contributed by atoms with Crippen LogP contribution in [0.5, 0.6) is 0 Å². The maximum absolute atomic E-state index is 11.3. The number of ether oxygens (including phenoxy) is 1. The molecule has 2 rings (SSSR count). The third kappa shape index (κ3) is 8.06. The molecule has 1 N–H and O–H groups in total. The molecule has 1 aliphatic rings. The van der Waals surface area contributed by atoms with Gasteiger partial charge in [-0.1, -0.05) is 12.8 Å². The van der Waals surface area contributed by atoms with Crippen molar-refractivity contribution in [2.75, 3.05) is 33.3 Å². The van der Waals surface area contributed by atoms with Gasteiger partial charge in [0.1, 0.15) is 0 Å². The van der Waals surface area contributed by atoms with Crippen LogP contribution >= 0.6 is 24.0 Å². The molecule has 0 aromatic carbocycles. The summed E-state index contributed by atoms with van der Waals surface area (Å²) in [7, 11) is 3.81. The third-order valence-corrected chi connectivity index (χ3v) is 4.79. The Morgan fingerprint density at radius 2 is 2.15 bits per heavy atom. The molecule has 1 fully saturated rings. The monoisotopic (exact) mass is 491 g/mol. The second-order valence-corrected chi connectivity index (χ2v) is 6.82. The van der Waals surface area contributed by atoms with E-state index in [9.17, 15) is 4.79 Å². The number of aryl methyl sites for hydroxylation is 1. The van der Waals surface area contributed by atoms with E-state index in [1.807, 2.05) is 31.9 Å². The lowest BCUT2D eigenvalue weighted by atomic mass is 10.0. The molecule has 1 saturated heterocycles. The standard InChI is InChI=1S/C19H33N5O2.HI/c1-4-26-18(25)9-7-5-6-8-11-21-19(20-2)24-12-10-16(15-24)17-13-22-23(3)14-17;/h13-14,16H,4-12,15H2,1-3H3,(H,20,21);1H. The van der Waals surface area contributed by atoms with Crippen molar-refractivity contribution in [2.45, 2.75) is 51.4 Å². The molecule has 8 heteroatoms. The zero-order valence-corrected chi connectivity index (χ0v) is 19.1. The minimum absolute atomic E-state index is 0. The number of likely N-dealkylation sites (tertiary alicyclic amines) is 1. The number of aliphatic imine (C=N–C) groups is 1. The molecule has 0 spiro atoms. The van der Waals surface area contributed by atoms with Gasteiger partial charge in [0.05, 0.1) is 12.8 Å². The summed E-state index contributed by atoms with van der Waals surface area (Å²) in [6.45, 7) is 5.25. The molecular weight excluding hydrogens is 457 g/mol. The van der Waals surface area contributed by atoms with Crippen molar-refractivity contribution in [1.29, 1.82) is 0 Å². The second kappa shape index (κ2) is 13.0. The highest BCUT2D eigenvalue weighted by molar-refractivity contribution is 14.0. The van der Waals surface area contributed by atoms with E-state index in [-0.39, 0.29) is 29.9 Å². The molecule has 0 aliphatic carbocycles. The molecule has 1 aromatic heterocycles. The molecule has 0 radical (unpaired) electrons. The highest BCUT2D eigenvalue weighted by Crippen LogP contribution is 2.26. The fourth-order valence-electron chi connectivity index (χ4n) is 3.39. The van der Waals surface area contributed by atoms with Gasteiger partial charge in [-0.3, -0.25) is 14.5 Å². The number of hydrogen-bond acceptors (Lipinski definition) is 4. The average molecular weight is 491 g/mol. The Kier molecular flexibility index (Phi) is 11.4. The second-order valence-electron chi connectivity index (χ2n) is 6.82. The van der Waals surface area contributed by atoms with Crippen LogP contribution in [0.4, 0.5) is 0 Å². The molecule has 1 atom stereocenters. The van der Waals surface area contributed by atoms with Crippen LogP contribution in [0.25, 0.3) is 0 Å². The van der Waals surface area contributed by atoms with Gasteiger partial charge in [0.2, 0.25) is 0 Å². The number of halogens is 1. The summed E-state index contributed by atoms with van der Waals surface area (Å²) >= 11 is 0. The molecule has 0 amide bonds. The number of unbranched alkanes of at least 4 members (excludes halogenated alkanes) is 3. The molecule has 7 nitrogen and oxygen atoms in total. The fourth-order valence-corrected chi connectivity index (χ4v) is 3.39. The number of aromatic nitrogens is 2. The van der Waals surface area contributed by atoms with E-state index in [2.05, 4.69) is 26.5 Å². The van der Waals surface area contributed by atoms with Crippen LogP contribution in [0.1, 0.15) is 56.9 Å². The Morgan fingerprint density at radius 1 is 1.37 bits per heavy atom. The van der Waals surface area contributed by atoms with Gasteiger partial charge in [-0.2, -0.15) is 5.10 Å². The molecule has 0 bridgehead atoms. The summed E-state index contributed by atoms with van der Waals surface area (Å²) in [5, 5.41) is 7.75. The Labute approximate surface area is 179 Å². The molecule has 1 aromatic rings. The maximum Gasteiger partial charge on any atom is 0.305 e. The van der Waals surface area contributed by atoms with Crippen molar-refractivity contribution in [3.8, 4) is 0 Å². The predicted molar refractivity (Wildman–Crippen MR) is 119 cm³/mol. The Hall–Kier alpha value is -1.32. The van der Waals surface area contributed by atoms with Crippen LogP contribution in [-0.2, 0) is 16.6 Å². The summed E-state index contributed by atoms with van der Waals surface area (Å²) in [6.07, 6.45) is 9.93. The van der Waals surface area contributed by atoms with Crippen molar-refractivity contribution < 1.29 is 9.53 Å². The van der Waals surface area contributed by atoms with Crippen molar-refractivity contribution in [3.63, 3.8) is 0 Å². The minimum Gasteiger partial charge on any atom is -0.466 e. The van der Waals surface area contributed by atoms with Gasteiger partial charge < -0.3 is 15.0 Å². The number of carbonyl (C=O) groups excluding carboxylic acids is 1. The quantitative estimate of drug-likeness (QED) is 0.189. The van der Waals surface area contributed by atoms with Gasteiger partial charge in [0, 0.05) is 52.3 Å². The summed E-state index contributed by atoms with van der Waals surface area (Å²) < 4.78 is 6.80. The first-order chi connectivity index (χ1) is 12.6. The van der Waals surface area contributed by atoms with E-state index in [0.717, 1.165) is 57.7 Å². The first kappa shape index (κ1) is 23.7. The van der Waals surface area contributed by atoms with E-state index in [1.54, 1.807) is 0 Å². The van der Waals surface area contributed by atoms with Crippen molar-refractivity contribution in [3.05, 3.63) is 18.0 Å². The van der Waals surface area contributed by atoms with Crippen LogP contribution in [0.3, 0.4) is 0 Å². The highest BCUT2D eigenvalue weighted by Gasteiger charge is 2.26. The number of rotatable bonds is 9. The number of carbonyl (C=O) groups is 1. The number of nitrogens with zero attached hydrogens (tertiary/aromatic N) is 4. The van der Waals surface area contributed by atoms with Crippen LogP contribution in [0.2, 0.25) is 0 Å². The fraction of sp³-hybridized carbons (Fsp3) is 0.737. The molecule has 154 valence electrons. The minimum atomic E-state index is -0.0803. The van der Waals surface area contributed by atoms with E-state index in [4.69, 9.17) is 4.74 Å². The van der Waals surface area contributed by atoms with Crippen molar-refractivity contribution in [2.24, 2.45) is 12.0 Å². The highest BCUT2D eigenvalue weighted by atomic mass is 127. The third-order valence-electron chi connectivity index (χ3n) is 4.79. The lowest BCUT2D eigenvalue weighted by Crippen LogP contribution is -2.40. The zero-order valence-electron chi connectivity index (χ0n) is 16.8. The van der Waals surface area contributed by atoms with Crippen molar-refractivity contribution >= 4 is 35.9 Å². The van der Waals surface area contributed by atoms with Crippen LogP contribution in [0, 0.1) is 0 Å². The molecule has 0 saturated carbocycles. The summed E-state index contributed by atoms with van der Waals surface area (Å²) in [5.41, 5.74) is 1.31. The Bertz CT molecular complexity index is 590. The van der Waals surface area contributed by atoms with Gasteiger partial charge in [-0.15, -0.1) is 24.0 Å². The molecule has 1 unspecified atom stereocenters. The van der Waals surface area contributed by atoms with Crippen LogP contribution in [0.15, 0.2) is 17.4 Å². The summed E-state index contributed by atoms with van der Waals surface area (Å²) in [5.74, 6) is 1.44. The number of nitrogens with one attached hydrogen (secondary N) is 1. The van der Waals surface area contributed by atoms with Crippen molar-refractivity contribution in [1.82, 2.24) is 20.0 Å². The predicted octanol–water partition coefficient (Wildman–Crippen LogP) is 2.92. The number of hydrogen-bond donors (Lipinski definition) is 1. The molecular formula is C19H34IN5O2. The first-order valence-electron chi connectivity index (χ1n) is 9.73. The largest absolute Gasteiger partial charge is 0.466 e. The van der Waals surface area contributed by atoms with E-state index >= 15 is 0 Å². The number of esters is 1. The average Bonchev–Trinajstić information content (AvgIpc) is 3.26. The molecule has 1 aliphatic heterocycles. The van der Waals surface area contributed by atoms with Crippen LogP contribution < -0.4 is 5.32 Å². The van der Waals surface area contributed by atoms with Gasteiger partial charge in [0.25, 0.3) is 0 Å². The van der Waals surface area contributed by atoms with Gasteiger partial charge in [-0.25, -0.2) is 0 Å². The normalized spacial score (nSPS) is 16.9. The lowest BCUT2D eigenvalue weighted by molar-refractivity contribution is -0.143. The van der Waals surface area contributed by atoms with Crippen LogP contribution in [-0.4, -0.2) is 59.9 Å². The Balaban J connectivity index is 0.00000364. The Morgan fingerprint density at radius 3 is 2.81 bits per heavy atom. The smallest absolute Gasteiger partial charge is 0.305 e. The molecule has 27 heavy (non-hydrogen) atoms. The number of guanidine groups is 1. The van der Waals surface area contributed by atoms with E-state index in [1.165, 1.54) is 5.56 Å². The first-order valence-corrected chi connectivity index (χ1v) is 9.73. The topological polar surface area (TPSA) is 71.8 Å². The summed E-state index contributed by atoms with van der Waals surface area (Å²) in [4.78, 5) is 18.0. The lowest BCUT2D eigenvalue weighted by Gasteiger charge is -2.21. The summed E-state index contributed by atoms with van der Waals surface area (Å²) in [6, 6.07) is 0. The SMILES string of the molecule is CCOC(=O)CCCCCCNC(=NC)N1CCC(c2cnn(C)c2)C1.I. The van der Waals surface area contributed by atoms with Gasteiger partial charge in [-0.05, 0) is 31.7 Å². The van der Waals surface area contributed by atoms with Gasteiger partial charge in [0.15, 0.2) is 5.96 Å². The zero-order chi connectivity index (χ0) is 18.8. The molecule has 2 heterocycles. The maximum atomic E-state index is 11.3. The van der Waals surface area contributed by atoms with E-state index in [0.29, 0.717) is 18.9 Å².